The first-order valence-electron chi connectivity index (χ1n) is 18.0. The number of hydrogen-bond acceptors (Lipinski definition) is 6. The van der Waals surface area contributed by atoms with Crippen LogP contribution in [-0.4, -0.2) is 68.2 Å². The molecule has 4 atom stereocenters. The van der Waals surface area contributed by atoms with Gasteiger partial charge in [-0.2, -0.15) is 0 Å². The van der Waals surface area contributed by atoms with E-state index in [4.69, 9.17) is 0 Å². The Hall–Kier alpha value is -3.96. The second-order valence-electron chi connectivity index (χ2n) is 14.5. The Morgan fingerprint density at radius 3 is 2.14 bits per heavy atom. The predicted molar refractivity (Wildman–Crippen MR) is 206 cm³/mol. The largest absolute Gasteiger partial charge is 0.390 e. The molecule has 10 heteroatoms. The number of aliphatic hydroxyl groups is 1. The number of nitrogens with zero attached hydrogens (tertiary/aromatic N) is 2. The van der Waals surface area contributed by atoms with E-state index in [0.717, 1.165) is 40.8 Å². The minimum atomic E-state index is -1.56. The molecule has 5 rings (SSSR count). The number of amides is 2. The number of fused-ring (bicyclic) bond motifs is 1. The van der Waals surface area contributed by atoms with Crippen molar-refractivity contribution in [1.82, 2.24) is 25.2 Å². The summed E-state index contributed by atoms with van der Waals surface area (Å²) in [5.74, 6) is 0.330. The van der Waals surface area contributed by atoms with Gasteiger partial charge in [-0.3, -0.25) is 19.9 Å². The molecule has 1 saturated carbocycles. The van der Waals surface area contributed by atoms with Crippen LogP contribution in [-0.2, 0) is 32.5 Å². The first kappa shape index (κ1) is 39.8. The van der Waals surface area contributed by atoms with E-state index in [-0.39, 0.29) is 30.5 Å². The van der Waals surface area contributed by atoms with Gasteiger partial charge in [-0.15, -0.1) is 0 Å². The highest BCUT2D eigenvalue weighted by Crippen LogP contribution is 2.45. The zero-order chi connectivity index (χ0) is 37.0. The predicted octanol–water partition coefficient (Wildman–Crippen LogP) is 5.75. The molecular formula is C41H55N5O4S. The molecule has 0 saturated heterocycles. The summed E-state index contributed by atoms with van der Waals surface area (Å²) in [5.41, 5.74) is 2.71. The van der Waals surface area contributed by atoms with Crippen LogP contribution in [0.2, 0.25) is 0 Å². The van der Waals surface area contributed by atoms with Crippen LogP contribution in [0.4, 0.5) is 0 Å². The standard InChI is InChI=1S/C37H45N5O4S.C4H10/c1-26(2)24-42(47(46)31-16-17-32-29(22-31)13-10-20-38-32)25-34(43)33(21-28-11-6-4-7-12-28)41-36(45)27(3)40-35(44)23-39-37(18-19-37)30-14-8-5-9-15-30;1-4(2)3/h4-17,20,22,26-27,33-34,39,43H,18-19,21,23-25H2,1-3H3,(H,40,44)(H,41,45);4H,1-3H3/t27?,33-,34+,47?;/m0./s1. The maximum Gasteiger partial charge on any atom is 0.242 e. The van der Waals surface area contributed by atoms with Crippen LogP contribution in [0, 0.1) is 11.8 Å². The van der Waals surface area contributed by atoms with Crippen molar-refractivity contribution in [3.63, 3.8) is 0 Å². The number of pyridine rings is 1. The monoisotopic (exact) mass is 713 g/mol. The summed E-state index contributed by atoms with van der Waals surface area (Å²) in [6.07, 6.45) is 2.94. The lowest BCUT2D eigenvalue weighted by atomic mass is 10.0. The second kappa shape index (κ2) is 19.0. The van der Waals surface area contributed by atoms with E-state index in [9.17, 15) is 18.9 Å². The smallest absolute Gasteiger partial charge is 0.242 e. The minimum absolute atomic E-state index is 0.0693. The van der Waals surface area contributed by atoms with E-state index in [1.807, 2.05) is 86.6 Å². The van der Waals surface area contributed by atoms with Crippen molar-refractivity contribution < 1.29 is 18.9 Å². The normalized spacial score (nSPS) is 15.8. The van der Waals surface area contributed by atoms with E-state index < -0.39 is 35.1 Å². The lowest BCUT2D eigenvalue weighted by Gasteiger charge is -2.31. The van der Waals surface area contributed by atoms with Gasteiger partial charge in [-0.25, -0.2) is 8.51 Å². The third kappa shape index (κ3) is 12.3. The maximum atomic E-state index is 13.9. The average Bonchev–Trinajstić information content (AvgIpc) is 3.91. The zero-order valence-electron chi connectivity index (χ0n) is 30.8. The maximum absolute atomic E-state index is 13.9. The van der Waals surface area contributed by atoms with Crippen molar-refractivity contribution in [2.45, 2.75) is 89.4 Å². The highest BCUT2D eigenvalue weighted by molar-refractivity contribution is 7.82. The van der Waals surface area contributed by atoms with Crippen LogP contribution in [0.5, 0.6) is 0 Å². The Balaban J connectivity index is 0.00000138. The Kier molecular flexibility index (Phi) is 14.9. The van der Waals surface area contributed by atoms with E-state index in [0.29, 0.717) is 17.9 Å². The Labute approximate surface area is 306 Å². The van der Waals surface area contributed by atoms with Crippen LogP contribution in [0.3, 0.4) is 0 Å². The summed E-state index contributed by atoms with van der Waals surface area (Å²) in [6.45, 7) is 12.8. The van der Waals surface area contributed by atoms with Gasteiger partial charge in [-0.1, -0.05) is 101 Å². The number of aromatic nitrogens is 1. The molecule has 0 spiro atoms. The van der Waals surface area contributed by atoms with E-state index in [2.05, 4.69) is 53.8 Å². The van der Waals surface area contributed by atoms with Crippen LogP contribution in [0.25, 0.3) is 10.9 Å². The summed E-state index contributed by atoms with van der Waals surface area (Å²) in [5, 5.41) is 21.7. The molecule has 1 aliphatic rings. The molecule has 2 unspecified atom stereocenters. The van der Waals surface area contributed by atoms with E-state index in [1.54, 1.807) is 23.5 Å². The Morgan fingerprint density at radius 2 is 1.51 bits per heavy atom. The molecule has 0 aliphatic heterocycles. The average molecular weight is 714 g/mol. The zero-order valence-corrected chi connectivity index (χ0v) is 31.7. The lowest BCUT2D eigenvalue weighted by Crippen LogP contribution is -2.55. The highest BCUT2D eigenvalue weighted by Gasteiger charge is 2.44. The van der Waals surface area contributed by atoms with Gasteiger partial charge in [0, 0.05) is 30.2 Å². The van der Waals surface area contributed by atoms with E-state index in [1.165, 1.54) is 0 Å². The number of rotatable bonds is 16. The van der Waals surface area contributed by atoms with E-state index >= 15 is 0 Å². The van der Waals surface area contributed by atoms with Gasteiger partial charge in [-0.05, 0) is 73.4 Å². The van der Waals surface area contributed by atoms with Gasteiger partial charge < -0.3 is 15.7 Å². The van der Waals surface area contributed by atoms with Crippen LogP contribution in [0.15, 0.2) is 102 Å². The molecule has 1 aliphatic carbocycles. The fourth-order valence-electron chi connectivity index (χ4n) is 5.78. The van der Waals surface area contributed by atoms with Gasteiger partial charge >= 0.3 is 0 Å². The molecular weight excluding hydrogens is 659 g/mol. The van der Waals surface area contributed by atoms with Crippen molar-refractivity contribution in [3.8, 4) is 0 Å². The molecule has 1 fully saturated rings. The van der Waals surface area contributed by atoms with Crippen molar-refractivity contribution in [2.24, 2.45) is 11.8 Å². The summed E-state index contributed by atoms with van der Waals surface area (Å²) in [6, 6.07) is 27.5. The Morgan fingerprint density at radius 1 is 0.863 bits per heavy atom. The molecule has 2 amide bonds. The highest BCUT2D eigenvalue weighted by atomic mass is 32.2. The fraction of sp³-hybridized carbons (Fsp3) is 0.439. The number of aliphatic hydroxyl groups excluding tert-OH is 1. The molecule has 4 N–H and O–H groups in total. The molecule has 1 heterocycles. The third-order valence-electron chi connectivity index (χ3n) is 8.50. The number of nitrogens with one attached hydrogen (secondary N) is 3. The number of carbonyl (C=O) groups is 2. The molecule has 9 nitrogen and oxygen atoms in total. The molecule has 274 valence electrons. The summed E-state index contributed by atoms with van der Waals surface area (Å²) >= 11 is 0. The first-order chi connectivity index (χ1) is 24.4. The van der Waals surface area contributed by atoms with Gasteiger partial charge in [0.15, 0.2) is 0 Å². The number of carbonyl (C=O) groups excluding carboxylic acids is 2. The fourth-order valence-corrected chi connectivity index (χ4v) is 7.21. The Bertz CT molecular complexity index is 1710. The quantitative estimate of drug-likeness (QED) is 0.117. The van der Waals surface area contributed by atoms with Gasteiger partial charge in [0.1, 0.15) is 17.0 Å². The van der Waals surface area contributed by atoms with Crippen LogP contribution in [0.1, 0.15) is 65.5 Å². The summed E-state index contributed by atoms with van der Waals surface area (Å²) < 4.78 is 15.6. The lowest BCUT2D eigenvalue weighted by molar-refractivity contribution is -0.129. The first-order valence-corrected chi connectivity index (χ1v) is 19.1. The molecule has 0 bridgehead atoms. The minimum Gasteiger partial charge on any atom is -0.390 e. The second-order valence-corrected chi connectivity index (χ2v) is 16.0. The van der Waals surface area contributed by atoms with Crippen LogP contribution < -0.4 is 16.0 Å². The van der Waals surface area contributed by atoms with Crippen LogP contribution >= 0.6 is 0 Å². The summed E-state index contributed by atoms with van der Waals surface area (Å²) in [4.78, 5) is 31.3. The third-order valence-corrected chi connectivity index (χ3v) is 9.92. The molecule has 4 aromatic rings. The molecule has 1 aromatic heterocycles. The molecule has 0 radical (unpaired) electrons. The van der Waals surface area contributed by atoms with Crippen molar-refractivity contribution in [1.29, 1.82) is 0 Å². The summed E-state index contributed by atoms with van der Waals surface area (Å²) in [7, 11) is -1.56. The van der Waals surface area contributed by atoms with Gasteiger partial charge in [0.2, 0.25) is 11.8 Å². The van der Waals surface area contributed by atoms with Crippen molar-refractivity contribution in [2.75, 3.05) is 19.6 Å². The van der Waals surface area contributed by atoms with Gasteiger partial charge in [0.05, 0.1) is 29.1 Å². The van der Waals surface area contributed by atoms with Crippen molar-refractivity contribution in [3.05, 3.63) is 108 Å². The molecule has 51 heavy (non-hydrogen) atoms. The number of benzene rings is 3. The topological polar surface area (TPSA) is 124 Å². The number of hydrogen-bond donors (Lipinski definition) is 4. The van der Waals surface area contributed by atoms with Gasteiger partial charge in [0.25, 0.3) is 0 Å². The SMILES string of the molecule is CC(C)C.CC(C)CN(C[C@@H](O)[C@H](Cc1ccccc1)NC(=O)C(C)NC(=O)CNC1(c2ccccc2)CC1)S(=O)c1ccc2ncccc2c1. The molecule has 3 aromatic carbocycles. The van der Waals surface area contributed by atoms with Crippen molar-refractivity contribution >= 4 is 33.7 Å².